The largest absolute Gasteiger partial charge is 0.481 e. The molecular weight excluding hydrogens is 244 g/mol. The van der Waals surface area contributed by atoms with Gasteiger partial charge in [0.05, 0.1) is 5.92 Å². The maximum atomic E-state index is 12.1. The zero-order valence-electron chi connectivity index (χ0n) is 12.8. The fraction of sp³-hybridized carbons (Fsp3) is 0.857. The van der Waals surface area contributed by atoms with Gasteiger partial charge in [0.2, 0.25) is 0 Å². The minimum absolute atomic E-state index is 0.165. The van der Waals surface area contributed by atoms with Crippen LogP contribution >= 0.6 is 0 Å². The van der Waals surface area contributed by atoms with E-state index in [-0.39, 0.29) is 12.6 Å². The highest BCUT2D eigenvalue weighted by molar-refractivity contribution is 5.76. The third kappa shape index (κ3) is 7.70. The Hall–Kier alpha value is -1.26. The molecule has 0 aromatic heterocycles. The molecule has 0 rings (SSSR count). The number of nitrogens with one attached hydrogen (secondary N) is 1. The summed E-state index contributed by atoms with van der Waals surface area (Å²) in [5, 5.41) is 11.7. The summed E-state index contributed by atoms with van der Waals surface area (Å²) in [6, 6.07) is -0.165. The zero-order chi connectivity index (χ0) is 15.0. The quantitative estimate of drug-likeness (QED) is 0.713. The van der Waals surface area contributed by atoms with E-state index in [1.54, 1.807) is 4.90 Å². The molecule has 0 aliphatic carbocycles. The molecule has 112 valence electrons. The van der Waals surface area contributed by atoms with Gasteiger partial charge in [-0.05, 0) is 18.3 Å². The molecule has 0 spiro atoms. The van der Waals surface area contributed by atoms with E-state index < -0.39 is 11.9 Å². The molecule has 5 nitrogen and oxygen atoms in total. The molecule has 2 amide bonds. The molecule has 0 heterocycles. The normalized spacial score (nSPS) is 12.6. The van der Waals surface area contributed by atoms with E-state index in [0.717, 1.165) is 0 Å². The van der Waals surface area contributed by atoms with E-state index in [1.807, 2.05) is 6.92 Å². The van der Waals surface area contributed by atoms with E-state index in [0.29, 0.717) is 31.3 Å². The van der Waals surface area contributed by atoms with Gasteiger partial charge in [0.25, 0.3) is 0 Å². The lowest BCUT2D eigenvalue weighted by Crippen LogP contribution is -2.45. The van der Waals surface area contributed by atoms with Crippen LogP contribution in [0.2, 0.25) is 0 Å². The molecule has 0 saturated heterocycles. The van der Waals surface area contributed by atoms with Crippen LogP contribution in [0.1, 0.15) is 41.0 Å². The first-order valence-corrected chi connectivity index (χ1v) is 7.03. The fourth-order valence-electron chi connectivity index (χ4n) is 1.85. The molecule has 0 saturated carbocycles. The van der Waals surface area contributed by atoms with Gasteiger partial charge in [0.15, 0.2) is 0 Å². The predicted octanol–water partition coefficient (Wildman–Crippen LogP) is 2.42. The number of aliphatic carboxylic acids is 1. The van der Waals surface area contributed by atoms with Crippen molar-refractivity contribution in [3.63, 3.8) is 0 Å². The number of urea groups is 1. The molecular formula is C14H28N2O3. The smallest absolute Gasteiger partial charge is 0.317 e. The Morgan fingerprint density at radius 1 is 1.11 bits per heavy atom. The van der Waals surface area contributed by atoms with E-state index in [2.05, 4.69) is 33.0 Å². The van der Waals surface area contributed by atoms with Crippen LogP contribution in [-0.4, -0.2) is 41.6 Å². The minimum Gasteiger partial charge on any atom is -0.481 e. The number of hydrogen-bond donors (Lipinski definition) is 2. The third-order valence-corrected chi connectivity index (χ3v) is 2.80. The van der Waals surface area contributed by atoms with Gasteiger partial charge >= 0.3 is 12.0 Å². The Bertz CT molecular complexity index is 280. The average Bonchev–Trinajstić information content (AvgIpc) is 2.26. The third-order valence-electron chi connectivity index (χ3n) is 2.80. The van der Waals surface area contributed by atoms with Gasteiger partial charge in [-0.25, -0.2) is 4.79 Å². The first-order valence-electron chi connectivity index (χ1n) is 7.03. The highest BCUT2D eigenvalue weighted by Gasteiger charge is 2.19. The highest BCUT2D eigenvalue weighted by atomic mass is 16.4. The fourth-order valence-corrected chi connectivity index (χ4v) is 1.85. The molecule has 0 aromatic carbocycles. The number of carboxylic acids is 1. The van der Waals surface area contributed by atoms with Gasteiger partial charge in [0, 0.05) is 19.6 Å². The number of rotatable bonds is 8. The number of carboxylic acid groups (broad SMARTS) is 1. The van der Waals surface area contributed by atoms with Crippen molar-refractivity contribution in [2.24, 2.45) is 17.8 Å². The number of carbonyl (C=O) groups excluding carboxylic acids is 1. The lowest BCUT2D eigenvalue weighted by atomic mass is 10.1. The standard InChI is InChI=1S/C14H28N2O3/c1-6-12(13(17)18)7-15-14(19)16(8-10(2)3)9-11(4)5/h10-12H,6-9H2,1-5H3,(H,15,19)(H,17,18). The van der Waals surface area contributed by atoms with Gasteiger partial charge in [-0.2, -0.15) is 0 Å². The van der Waals surface area contributed by atoms with Crippen molar-refractivity contribution in [2.45, 2.75) is 41.0 Å². The molecule has 0 radical (unpaired) electrons. The van der Waals surface area contributed by atoms with Crippen molar-refractivity contribution in [1.82, 2.24) is 10.2 Å². The Morgan fingerprint density at radius 2 is 1.58 bits per heavy atom. The molecule has 0 aliphatic heterocycles. The molecule has 0 aliphatic rings. The topological polar surface area (TPSA) is 69.6 Å². The van der Waals surface area contributed by atoms with Crippen LogP contribution in [0.25, 0.3) is 0 Å². The average molecular weight is 272 g/mol. The summed E-state index contributed by atoms with van der Waals surface area (Å²) in [5.74, 6) is -0.581. The van der Waals surface area contributed by atoms with Crippen LogP contribution in [0.3, 0.4) is 0 Å². The van der Waals surface area contributed by atoms with E-state index in [9.17, 15) is 9.59 Å². The Labute approximate surface area is 116 Å². The summed E-state index contributed by atoms with van der Waals surface area (Å²) < 4.78 is 0. The number of amides is 2. The summed E-state index contributed by atoms with van der Waals surface area (Å²) in [6.45, 7) is 11.6. The van der Waals surface area contributed by atoms with Crippen LogP contribution in [0.15, 0.2) is 0 Å². The summed E-state index contributed by atoms with van der Waals surface area (Å²) in [4.78, 5) is 24.8. The molecule has 0 aromatic rings. The number of carbonyl (C=O) groups is 2. The SMILES string of the molecule is CCC(CNC(=O)N(CC(C)C)CC(C)C)C(=O)O. The van der Waals surface area contributed by atoms with Gasteiger partial charge in [0.1, 0.15) is 0 Å². The zero-order valence-corrected chi connectivity index (χ0v) is 12.8. The maximum absolute atomic E-state index is 12.1. The second-order valence-corrected chi connectivity index (χ2v) is 5.82. The first kappa shape index (κ1) is 17.7. The molecule has 1 atom stereocenters. The molecule has 2 N–H and O–H groups in total. The Balaban J connectivity index is 4.42. The second-order valence-electron chi connectivity index (χ2n) is 5.82. The summed E-state index contributed by atoms with van der Waals surface area (Å²) in [7, 11) is 0. The maximum Gasteiger partial charge on any atom is 0.317 e. The second kappa shape index (κ2) is 8.77. The highest BCUT2D eigenvalue weighted by Crippen LogP contribution is 2.05. The van der Waals surface area contributed by atoms with Crippen LogP contribution in [0.4, 0.5) is 4.79 Å². The van der Waals surface area contributed by atoms with Gasteiger partial charge in [-0.3, -0.25) is 4.79 Å². The van der Waals surface area contributed by atoms with Crippen LogP contribution in [-0.2, 0) is 4.79 Å². The number of hydrogen-bond acceptors (Lipinski definition) is 2. The number of nitrogens with zero attached hydrogens (tertiary/aromatic N) is 1. The first-order chi connectivity index (χ1) is 8.77. The van der Waals surface area contributed by atoms with Crippen LogP contribution in [0.5, 0.6) is 0 Å². The molecule has 1 unspecified atom stereocenters. The minimum atomic E-state index is -0.859. The molecule has 0 bridgehead atoms. The van der Waals surface area contributed by atoms with Gasteiger partial charge in [-0.15, -0.1) is 0 Å². The van der Waals surface area contributed by atoms with E-state index >= 15 is 0 Å². The van der Waals surface area contributed by atoms with Crippen molar-refractivity contribution in [3.8, 4) is 0 Å². The van der Waals surface area contributed by atoms with Crippen molar-refractivity contribution in [2.75, 3.05) is 19.6 Å². The van der Waals surface area contributed by atoms with Gasteiger partial charge in [-0.1, -0.05) is 34.6 Å². The van der Waals surface area contributed by atoms with Gasteiger partial charge < -0.3 is 15.3 Å². The molecule has 0 fully saturated rings. The van der Waals surface area contributed by atoms with Crippen LogP contribution < -0.4 is 5.32 Å². The van der Waals surface area contributed by atoms with E-state index in [1.165, 1.54) is 0 Å². The Kier molecular flexibility index (Phi) is 8.19. The molecule has 19 heavy (non-hydrogen) atoms. The van der Waals surface area contributed by atoms with Crippen molar-refractivity contribution < 1.29 is 14.7 Å². The van der Waals surface area contributed by atoms with Crippen molar-refractivity contribution in [1.29, 1.82) is 0 Å². The lowest BCUT2D eigenvalue weighted by Gasteiger charge is -2.27. The Morgan fingerprint density at radius 3 is 1.89 bits per heavy atom. The lowest BCUT2D eigenvalue weighted by molar-refractivity contribution is -0.141. The monoisotopic (exact) mass is 272 g/mol. The summed E-state index contributed by atoms with van der Waals surface area (Å²) >= 11 is 0. The summed E-state index contributed by atoms with van der Waals surface area (Å²) in [5.41, 5.74) is 0. The van der Waals surface area contributed by atoms with Crippen LogP contribution in [0, 0.1) is 17.8 Å². The van der Waals surface area contributed by atoms with E-state index in [4.69, 9.17) is 5.11 Å². The van der Waals surface area contributed by atoms with Crippen molar-refractivity contribution in [3.05, 3.63) is 0 Å². The molecule has 5 heteroatoms. The summed E-state index contributed by atoms with van der Waals surface area (Å²) in [6.07, 6.45) is 0.518. The predicted molar refractivity (Wildman–Crippen MR) is 76.1 cm³/mol. The van der Waals surface area contributed by atoms with Crippen molar-refractivity contribution >= 4 is 12.0 Å².